The van der Waals surface area contributed by atoms with Gasteiger partial charge in [0.2, 0.25) is 5.91 Å². The number of hydrogen-bond acceptors (Lipinski definition) is 4. The molecule has 2 fully saturated rings. The molecule has 132 valence electrons. The van der Waals surface area contributed by atoms with Crippen molar-refractivity contribution in [2.75, 3.05) is 19.7 Å². The highest BCUT2D eigenvalue weighted by Crippen LogP contribution is 2.21. The Balaban J connectivity index is 1.39. The maximum Gasteiger partial charge on any atom is 0.246 e. The molecule has 1 aromatic rings. The molecule has 0 spiro atoms. The molecular formula is C19H29N3O2. The fourth-order valence-corrected chi connectivity index (χ4v) is 3.81. The Hall–Kier alpha value is -1.46. The normalized spacial score (nSPS) is 25.7. The van der Waals surface area contributed by atoms with Gasteiger partial charge >= 0.3 is 0 Å². The molecule has 1 N–H and O–H groups in total. The smallest absolute Gasteiger partial charge is 0.246 e. The van der Waals surface area contributed by atoms with Crippen LogP contribution in [0.2, 0.25) is 0 Å². The predicted octanol–water partition coefficient (Wildman–Crippen LogP) is 2.37. The summed E-state index contributed by atoms with van der Waals surface area (Å²) in [6.45, 7) is 5.30. The van der Waals surface area contributed by atoms with Crippen molar-refractivity contribution in [1.82, 2.24) is 15.2 Å². The average molecular weight is 331 g/mol. The number of aromatic nitrogens is 1. The van der Waals surface area contributed by atoms with Crippen LogP contribution in [0, 0.1) is 5.92 Å². The second-order valence-corrected chi connectivity index (χ2v) is 7.21. The average Bonchev–Trinajstić information content (AvgIpc) is 3.10. The number of ether oxygens (including phenoxy) is 1. The first-order valence-corrected chi connectivity index (χ1v) is 9.24. The highest BCUT2D eigenvalue weighted by molar-refractivity contribution is 5.77. The first kappa shape index (κ1) is 17.4. The lowest BCUT2D eigenvalue weighted by atomic mass is 9.93. The van der Waals surface area contributed by atoms with Crippen LogP contribution in [0.15, 0.2) is 24.4 Å². The van der Waals surface area contributed by atoms with Crippen LogP contribution in [0.25, 0.3) is 0 Å². The summed E-state index contributed by atoms with van der Waals surface area (Å²) in [5, 5.41) is 3.17. The number of carbonyl (C=O) groups excluding carboxylic acids is 1. The molecule has 1 saturated carbocycles. The molecule has 1 saturated heterocycles. The molecule has 2 heterocycles. The number of carbonyl (C=O) groups is 1. The summed E-state index contributed by atoms with van der Waals surface area (Å²) in [5.74, 6) is 0.481. The number of nitrogens with one attached hydrogen (secondary N) is 1. The highest BCUT2D eigenvalue weighted by Gasteiger charge is 2.27. The lowest BCUT2D eigenvalue weighted by Gasteiger charge is -2.37. The zero-order chi connectivity index (χ0) is 16.8. The van der Waals surface area contributed by atoms with Gasteiger partial charge in [-0.2, -0.15) is 0 Å². The van der Waals surface area contributed by atoms with Gasteiger partial charge in [0.05, 0.1) is 11.8 Å². The summed E-state index contributed by atoms with van der Waals surface area (Å²) in [6, 6.07) is 6.30. The summed E-state index contributed by atoms with van der Waals surface area (Å²) in [5.41, 5.74) is 1.11. The number of hydrogen-bond donors (Lipinski definition) is 1. The zero-order valence-electron chi connectivity index (χ0n) is 14.6. The summed E-state index contributed by atoms with van der Waals surface area (Å²) >= 11 is 0. The number of piperidine rings is 1. The SMILES string of the molecule is C[C@H]1CN(Cc2ccccn2)CC[C@@H]1NC(=O)COC1CCCC1. The van der Waals surface area contributed by atoms with E-state index in [0.717, 1.165) is 44.6 Å². The van der Waals surface area contributed by atoms with E-state index in [-0.39, 0.29) is 18.6 Å². The molecule has 3 rings (SSSR count). The summed E-state index contributed by atoms with van der Waals surface area (Å²) in [7, 11) is 0. The van der Waals surface area contributed by atoms with E-state index in [4.69, 9.17) is 4.74 Å². The van der Waals surface area contributed by atoms with Gasteiger partial charge in [0.25, 0.3) is 0 Å². The van der Waals surface area contributed by atoms with E-state index in [1.54, 1.807) is 0 Å². The van der Waals surface area contributed by atoms with E-state index in [1.165, 1.54) is 12.8 Å². The zero-order valence-corrected chi connectivity index (χ0v) is 14.6. The molecule has 24 heavy (non-hydrogen) atoms. The molecule has 1 aliphatic carbocycles. The van der Waals surface area contributed by atoms with Crippen molar-refractivity contribution in [2.24, 2.45) is 5.92 Å². The third kappa shape index (κ3) is 5.02. The fourth-order valence-electron chi connectivity index (χ4n) is 3.81. The van der Waals surface area contributed by atoms with Crippen LogP contribution in [0.5, 0.6) is 0 Å². The molecule has 0 bridgehead atoms. The minimum atomic E-state index is 0.0388. The number of pyridine rings is 1. The van der Waals surface area contributed by atoms with Crippen molar-refractivity contribution < 1.29 is 9.53 Å². The molecule has 5 heteroatoms. The van der Waals surface area contributed by atoms with Gasteiger partial charge in [-0.3, -0.25) is 14.7 Å². The lowest BCUT2D eigenvalue weighted by molar-refractivity contribution is -0.129. The summed E-state index contributed by atoms with van der Waals surface area (Å²) in [6.07, 6.45) is 7.81. The Morgan fingerprint density at radius 2 is 2.17 bits per heavy atom. The third-order valence-corrected chi connectivity index (χ3v) is 5.20. The third-order valence-electron chi connectivity index (χ3n) is 5.20. The van der Waals surface area contributed by atoms with E-state index in [2.05, 4.69) is 28.2 Å². The molecule has 1 amide bonds. The van der Waals surface area contributed by atoms with Gasteiger partial charge < -0.3 is 10.1 Å². The van der Waals surface area contributed by atoms with Crippen LogP contribution >= 0.6 is 0 Å². The van der Waals surface area contributed by atoms with Gasteiger partial charge in [-0.15, -0.1) is 0 Å². The minimum absolute atomic E-state index is 0.0388. The second kappa shape index (κ2) is 8.58. The lowest BCUT2D eigenvalue weighted by Crippen LogP contribution is -2.50. The van der Waals surface area contributed by atoms with Crippen molar-refractivity contribution in [3.8, 4) is 0 Å². The first-order chi connectivity index (χ1) is 11.7. The molecule has 0 aromatic carbocycles. The largest absolute Gasteiger partial charge is 0.368 e. The number of nitrogens with zero attached hydrogens (tertiary/aromatic N) is 2. The molecule has 1 aliphatic heterocycles. The molecule has 2 atom stereocenters. The quantitative estimate of drug-likeness (QED) is 0.869. The van der Waals surface area contributed by atoms with E-state index in [9.17, 15) is 4.79 Å². The van der Waals surface area contributed by atoms with Crippen molar-refractivity contribution in [3.05, 3.63) is 30.1 Å². The van der Waals surface area contributed by atoms with E-state index < -0.39 is 0 Å². The van der Waals surface area contributed by atoms with Gasteiger partial charge in [-0.1, -0.05) is 25.8 Å². The Bertz CT molecular complexity index is 517. The first-order valence-electron chi connectivity index (χ1n) is 9.24. The van der Waals surface area contributed by atoms with Crippen LogP contribution < -0.4 is 5.32 Å². The van der Waals surface area contributed by atoms with Crippen LogP contribution in [-0.2, 0) is 16.1 Å². The number of amides is 1. The van der Waals surface area contributed by atoms with E-state index >= 15 is 0 Å². The molecule has 0 radical (unpaired) electrons. The Labute approximate surface area is 144 Å². The number of rotatable bonds is 6. The maximum absolute atomic E-state index is 12.1. The molecule has 5 nitrogen and oxygen atoms in total. The van der Waals surface area contributed by atoms with Gasteiger partial charge in [0.1, 0.15) is 6.61 Å². The monoisotopic (exact) mass is 331 g/mol. The Kier molecular flexibility index (Phi) is 6.21. The van der Waals surface area contributed by atoms with Crippen molar-refractivity contribution in [3.63, 3.8) is 0 Å². The van der Waals surface area contributed by atoms with Gasteiger partial charge in [-0.25, -0.2) is 0 Å². The maximum atomic E-state index is 12.1. The second-order valence-electron chi connectivity index (χ2n) is 7.21. The molecular weight excluding hydrogens is 302 g/mol. The van der Waals surface area contributed by atoms with Gasteiger partial charge in [-0.05, 0) is 37.3 Å². The van der Waals surface area contributed by atoms with Crippen LogP contribution in [0.3, 0.4) is 0 Å². The topological polar surface area (TPSA) is 54.5 Å². The fraction of sp³-hybridized carbons (Fsp3) is 0.684. The molecule has 0 unspecified atom stereocenters. The molecule has 1 aromatic heterocycles. The summed E-state index contributed by atoms with van der Waals surface area (Å²) < 4.78 is 5.71. The van der Waals surface area contributed by atoms with Gasteiger partial charge in [0.15, 0.2) is 0 Å². The van der Waals surface area contributed by atoms with E-state index in [1.807, 2.05) is 18.3 Å². The molecule has 2 aliphatic rings. The van der Waals surface area contributed by atoms with Crippen molar-refractivity contribution in [2.45, 2.75) is 57.7 Å². The minimum Gasteiger partial charge on any atom is -0.368 e. The summed E-state index contributed by atoms with van der Waals surface area (Å²) in [4.78, 5) is 18.9. The van der Waals surface area contributed by atoms with Crippen LogP contribution in [0.1, 0.15) is 44.7 Å². The van der Waals surface area contributed by atoms with E-state index in [0.29, 0.717) is 12.0 Å². The van der Waals surface area contributed by atoms with Crippen molar-refractivity contribution in [1.29, 1.82) is 0 Å². The van der Waals surface area contributed by atoms with Crippen molar-refractivity contribution >= 4 is 5.91 Å². The standard InChI is InChI=1S/C19H29N3O2/c1-15-12-22(13-16-6-4-5-10-20-16)11-9-18(15)21-19(23)14-24-17-7-2-3-8-17/h4-6,10,15,17-18H,2-3,7-9,11-14H2,1H3,(H,21,23)/t15-,18-/m0/s1. The Morgan fingerprint density at radius 1 is 1.33 bits per heavy atom. The highest BCUT2D eigenvalue weighted by atomic mass is 16.5. The van der Waals surface area contributed by atoms with Crippen LogP contribution in [-0.4, -0.2) is 47.6 Å². The number of likely N-dealkylation sites (tertiary alicyclic amines) is 1. The Morgan fingerprint density at radius 3 is 2.88 bits per heavy atom. The van der Waals surface area contributed by atoms with Crippen LogP contribution in [0.4, 0.5) is 0 Å². The predicted molar refractivity (Wildman–Crippen MR) is 93.4 cm³/mol. The van der Waals surface area contributed by atoms with Gasteiger partial charge in [0, 0.05) is 31.9 Å².